The van der Waals surface area contributed by atoms with Crippen molar-refractivity contribution in [1.82, 2.24) is 5.32 Å². The Morgan fingerprint density at radius 3 is 2.72 bits per heavy atom. The van der Waals surface area contributed by atoms with E-state index in [1.807, 2.05) is 6.07 Å². The summed E-state index contributed by atoms with van der Waals surface area (Å²) in [7, 11) is 0. The van der Waals surface area contributed by atoms with Crippen molar-refractivity contribution in [3.63, 3.8) is 0 Å². The molecule has 7 heteroatoms. The predicted molar refractivity (Wildman–Crippen MR) is 94.5 cm³/mol. The maximum absolute atomic E-state index is 12.1. The first-order valence-corrected chi connectivity index (χ1v) is 7.71. The molecule has 2 amide bonds. The van der Waals surface area contributed by atoms with Gasteiger partial charge in [0, 0.05) is 12.6 Å². The molecule has 2 rings (SSSR count). The van der Waals surface area contributed by atoms with Gasteiger partial charge in [0.1, 0.15) is 0 Å². The Labute approximate surface area is 145 Å². The lowest BCUT2D eigenvalue weighted by Gasteiger charge is -2.12. The van der Waals surface area contributed by atoms with Gasteiger partial charge >= 0.3 is 6.03 Å². The van der Waals surface area contributed by atoms with E-state index in [9.17, 15) is 14.9 Å². The SMILES string of the molecule is Cc1ccc([N+](=O)[O-])c(C)c1NC(=O)NCCc1cccc(C#N)c1. The zero-order valence-electron chi connectivity index (χ0n) is 14.0. The molecule has 0 spiro atoms. The van der Waals surface area contributed by atoms with Crippen molar-refractivity contribution >= 4 is 17.4 Å². The molecule has 0 fully saturated rings. The molecule has 0 saturated heterocycles. The summed E-state index contributed by atoms with van der Waals surface area (Å²) in [6, 6.07) is 11.8. The summed E-state index contributed by atoms with van der Waals surface area (Å²) in [5.74, 6) is 0. The second-order valence-corrected chi connectivity index (χ2v) is 5.60. The summed E-state index contributed by atoms with van der Waals surface area (Å²) in [5.41, 5.74) is 3.10. The fourth-order valence-electron chi connectivity index (χ4n) is 2.50. The van der Waals surface area contributed by atoms with E-state index in [1.165, 1.54) is 6.07 Å². The fraction of sp³-hybridized carbons (Fsp3) is 0.222. The minimum Gasteiger partial charge on any atom is -0.338 e. The average Bonchev–Trinajstić information content (AvgIpc) is 2.58. The van der Waals surface area contributed by atoms with Gasteiger partial charge in [-0.1, -0.05) is 18.2 Å². The molecule has 0 aliphatic heterocycles. The molecule has 0 saturated carbocycles. The number of aryl methyl sites for hydroxylation is 1. The summed E-state index contributed by atoms with van der Waals surface area (Å²) in [6.07, 6.45) is 0.579. The Balaban J connectivity index is 1.98. The summed E-state index contributed by atoms with van der Waals surface area (Å²) < 4.78 is 0. The largest absolute Gasteiger partial charge is 0.338 e. The third kappa shape index (κ3) is 4.54. The summed E-state index contributed by atoms with van der Waals surface area (Å²) >= 11 is 0. The van der Waals surface area contributed by atoms with Crippen molar-refractivity contribution in [2.75, 3.05) is 11.9 Å². The van der Waals surface area contributed by atoms with E-state index in [1.54, 1.807) is 38.1 Å². The van der Waals surface area contributed by atoms with Crippen LogP contribution in [0.3, 0.4) is 0 Å². The number of nitrogens with one attached hydrogen (secondary N) is 2. The highest BCUT2D eigenvalue weighted by molar-refractivity contribution is 5.91. The molecule has 0 aliphatic carbocycles. The van der Waals surface area contributed by atoms with E-state index < -0.39 is 11.0 Å². The van der Waals surface area contributed by atoms with E-state index in [-0.39, 0.29) is 5.69 Å². The molecule has 128 valence electrons. The number of hydrogen-bond acceptors (Lipinski definition) is 4. The topological polar surface area (TPSA) is 108 Å². The van der Waals surface area contributed by atoms with E-state index in [0.29, 0.717) is 29.8 Å². The van der Waals surface area contributed by atoms with Gasteiger partial charge in [0.2, 0.25) is 0 Å². The number of hydrogen-bond donors (Lipinski definition) is 2. The number of urea groups is 1. The molecule has 7 nitrogen and oxygen atoms in total. The maximum atomic E-state index is 12.1. The monoisotopic (exact) mass is 338 g/mol. The Kier molecular flexibility index (Phi) is 5.69. The number of nitro benzene ring substituents is 1. The first kappa shape index (κ1) is 17.9. The van der Waals surface area contributed by atoms with Crippen LogP contribution in [0.1, 0.15) is 22.3 Å². The molecule has 25 heavy (non-hydrogen) atoms. The average molecular weight is 338 g/mol. The molecule has 2 aromatic carbocycles. The van der Waals surface area contributed by atoms with Gasteiger partial charge in [-0.05, 0) is 43.5 Å². The van der Waals surface area contributed by atoms with Gasteiger partial charge in [0.25, 0.3) is 5.69 Å². The van der Waals surface area contributed by atoms with Gasteiger partial charge in [0.05, 0.1) is 27.8 Å². The highest BCUT2D eigenvalue weighted by Crippen LogP contribution is 2.28. The Morgan fingerprint density at radius 1 is 1.28 bits per heavy atom. The third-order valence-electron chi connectivity index (χ3n) is 3.84. The second-order valence-electron chi connectivity index (χ2n) is 5.60. The molecular weight excluding hydrogens is 320 g/mol. The minimum atomic E-state index is -0.472. The Bertz CT molecular complexity index is 856. The van der Waals surface area contributed by atoms with Crippen molar-refractivity contribution in [2.24, 2.45) is 0 Å². The summed E-state index contributed by atoms with van der Waals surface area (Å²) in [6.45, 7) is 3.77. The van der Waals surface area contributed by atoms with Crippen LogP contribution in [0.15, 0.2) is 36.4 Å². The quantitative estimate of drug-likeness (QED) is 0.643. The highest BCUT2D eigenvalue weighted by atomic mass is 16.6. The van der Waals surface area contributed by atoms with Crippen molar-refractivity contribution in [2.45, 2.75) is 20.3 Å². The fourth-order valence-corrected chi connectivity index (χ4v) is 2.50. The molecule has 0 heterocycles. The zero-order chi connectivity index (χ0) is 18.4. The maximum Gasteiger partial charge on any atom is 0.319 e. The second kappa shape index (κ2) is 7.93. The normalized spacial score (nSPS) is 9.96. The first-order valence-electron chi connectivity index (χ1n) is 7.71. The Hall–Kier alpha value is -3.40. The standard InChI is InChI=1S/C18H18N4O3/c1-12-6-7-16(22(24)25)13(2)17(12)21-18(23)20-9-8-14-4-3-5-15(10-14)11-19/h3-7,10H,8-9H2,1-2H3,(H2,20,21,23). The van der Waals surface area contributed by atoms with Gasteiger partial charge in [0.15, 0.2) is 0 Å². The zero-order valence-corrected chi connectivity index (χ0v) is 14.0. The number of rotatable bonds is 5. The van der Waals surface area contributed by atoms with Crippen molar-refractivity contribution in [1.29, 1.82) is 5.26 Å². The van der Waals surface area contributed by atoms with Crippen LogP contribution in [0.2, 0.25) is 0 Å². The number of carbonyl (C=O) groups is 1. The molecule has 0 unspecified atom stereocenters. The minimum absolute atomic E-state index is 0.0331. The van der Waals surface area contributed by atoms with Gasteiger partial charge in [-0.3, -0.25) is 10.1 Å². The lowest BCUT2D eigenvalue weighted by atomic mass is 10.1. The molecule has 0 radical (unpaired) electrons. The highest BCUT2D eigenvalue weighted by Gasteiger charge is 2.17. The molecule has 2 N–H and O–H groups in total. The van der Waals surface area contributed by atoms with E-state index >= 15 is 0 Å². The number of carbonyl (C=O) groups excluding carboxylic acids is 1. The molecule has 0 atom stereocenters. The number of anilines is 1. The van der Waals surface area contributed by atoms with Crippen LogP contribution in [-0.4, -0.2) is 17.5 Å². The summed E-state index contributed by atoms with van der Waals surface area (Å²) in [4.78, 5) is 22.6. The van der Waals surface area contributed by atoms with Gasteiger partial charge in [-0.25, -0.2) is 4.79 Å². The van der Waals surface area contributed by atoms with Crippen LogP contribution in [0.25, 0.3) is 0 Å². The van der Waals surface area contributed by atoms with E-state index in [4.69, 9.17) is 5.26 Å². The number of nitrogens with zero attached hydrogens (tertiary/aromatic N) is 2. The van der Waals surface area contributed by atoms with Crippen LogP contribution in [0.5, 0.6) is 0 Å². The molecular formula is C18H18N4O3. The van der Waals surface area contributed by atoms with Gasteiger partial charge in [-0.2, -0.15) is 5.26 Å². The van der Waals surface area contributed by atoms with Crippen LogP contribution in [0.4, 0.5) is 16.2 Å². The van der Waals surface area contributed by atoms with Crippen molar-refractivity contribution in [3.05, 3.63) is 68.8 Å². The molecule has 0 bridgehead atoms. The smallest absolute Gasteiger partial charge is 0.319 e. The van der Waals surface area contributed by atoms with Crippen LogP contribution >= 0.6 is 0 Å². The lowest BCUT2D eigenvalue weighted by Crippen LogP contribution is -2.31. The van der Waals surface area contributed by atoms with Gasteiger partial charge in [-0.15, -0.1) is 0 Å². The van der Waals surface area contributed by atoms with Crippen molar-refractivity contribution < 1.29 is 9.72 Å². The number of benzene rings is 2. The molecule has 0 aliphatic rings. The van der Waals surface area contributed by atoms with Crippen LogP contribution in [0, 0.1) is 35.3 Å². The Morgan fingerprint density at radius 2 is 2.04 bits per heavy atom. The molecule has 2 aromatic rings. The van der Waals surface area contributed by atoms with Crippen molar-refractivity contribution in [3.8, 4) is 6.07 Å². The van der Waals surface area contributed by atoms with Crippen LogP contribution in [-0.2, 0) is 6.42 Å². The van der Waals surface area contributed by atoms with Gasteiger partial charge < -0.3 is 10.6 Å². The predicted octanol–water partition coefficient (Wildman–Crippen LogP) is 3.45. The molecule has 0 aromatic heterocycles. The van der Waals surface area contributed by atoms with E-state index in [0.717, 1.165) is 11.1 Å². The third-order valence-corrected chi connectivity index (χ3v) is 3.84. The number of nitro groups is 1. The summed E-state index contributed by atoms with van der Waals surface area (Å²) in [5, 5.41) is 25.3. The number of amides is 2. The van der Waals surface area contributed by atoms with Crippen LogP contribution < -0.4 is 10.6 Å². The first-order chi connectivity index (χ1) is 11.9. The van der Waals surface area contributed by atoms with E-state index in [2.05, 4.69) is 16.7 Å². The number of nitriles is 1. The lowest BCUT2D eigenvalue weighted by molar-refractivity contribution is -0.385.